The molecule has 0 aromatic carbocycles. The predicted octanol–water partition coefficient (Wildman–Crippen LogP) is -3.64. The summed E-state index contributed by atoms with van der Waals surface area (Å²) in [5.74, 6) is -5.20. The summed E-state index contributed by atoms with van der Waals surface area (Å²) in [4.78, 5) is 44.0. The van der Waals surface area contributed by atoms with Crippen LogP contribution in [0.5, 0.6) is 0 Å². The van der Waals surface area contributed by atoms with Crippen molar-refractivity contribution < 1.29 is 39.6 Å². The quantitative estimate of drug-likeness (QED) is 0.223. The zero-order valence-corrected chi connectivity index (χ0v) is 21.9. The van der Waals surface area contributed by atoms with Gasteiger partial charge in [0.25, 0.3) is 0 Å². The summed E-state index contributed by atoms with van der Waals surface area (Å²) in [6, 6.07) is 0. The Labute approximate surface area is 221 Å². The van der Waals surface area contributed by atoms with Crippen LogP contribution in [0.4, 0.5) is 0 Å². The molecule has 0 aliphatic rings. The molecule has 4 N–H and O–H groups in total. The van der Waals surface area contributed by atoms with Gasteiger partial charge in [-0.2, -0.15) is 0 Å². The number of carboxylic acids is 4. The molecule has 0 fully saturated rings. The molecular formula is C9H14N2Na4O8. The summed E-state index contributed by atoms with van der Waals surface area (Å²) in [6.45, 7) is -2.94. The maximum Gasteiger partial charge on any atom is 0.317 e. The third-order valence-electron chi connectivity index (χ3n) is 1.84. The zero-order valence-electron chi connectivity index (χ0n) is 13.9. The normalized spacial score (nSPS) is 8.78. The molecule has 0 aromatic rings. The van der Waals surface area contributed by atoms with Crippen molar-refractivity contribution in [3.05, 3.63) is 0 Å². The largest absolute Gasteiger partial charge is 0.480 e. The van der Waals surface area contributed by atoms with Gasteiger partial charge < -0.3 is 20.4 Å². The Morgan fingerprint density at radius 3 is 0.826 bits per heavy atom. The van der Waals surface area contributed by atoms with E-state index < -0.39 is 56.7 Å². The minimum Gasteiger partial charge on any atom is -0.480 e. The van der Waals surface area contributed by atoms with Gasteiger partial charge in [-0.1, -0.05) is 0 Å². The van der Waals surface area contributed by atoms with Crippen molar-refractivity contribution in [2.45, 2.75) is 0 Å². The molecule has 4 radical (unpaired) electrons. The molecule has 0 saturated carbocycles. The van der Waals surface area contributed by atoms with Gasteiger partial charge in [-0.3, -0.25) is 29.0 Å². The van der Waals surface area contributed by atoms with E-state index in [1.165, 1.54) is 0 Å². The molecule has 0 spiro atoms. The van der Waals surface area contributed by atoms with Gasteiger partial charge in [-0.25, -0.2) is 0 Å². The van der Waals surface area contributed by atoms with Crippen LogP contribution in [0.3, 0.4) is 0 Å². The third-order valence-corrected chi connectivity index (χ3v) is 1.84. The van der Waals surface area contributed by atoms with E-state index in [9.17, 15) is 19.2 Å². The maximum absolute atomic E-state index is 10.5. The molecule has 23 heavy (non-hydrogen) atoms. The van der Waals surface area contributed by atoms with Crippen LogP contribution >= 0.6 is 0 Å². The third kappa shape index (κ3) is 23.8. The molecule has 10 nitrogen and oxygen atoms in total. The summed E-state index contributed by atoms with van der Waals surface area (Å²) in [5.41, 5.74) is 0. The van der Waals surface area contributed by atoms with Crippen LogP contribution in [0, 0.1) is 0 Å². The Hall–Kier alpha value is 1.80. The van der Waals surface area contributed by atoms with Crippen LogP contribution in [-0.4, -0.2) is 205 Å². The van der Waals surface area contributed by atoms with Crippen LogP contribution in [0.1, 0.15) is 0 Å². The molecule has 0 atom stereocenters. The first-order valence-electron chi connectivity index (χ1n) is 5.02. The number of hydrogen-bond donors (Lipinski definition) is 4. The number of hydrogen-bond acceptors (Lipinski definition) is 6. The van der Waals surface area contributed by atoms with Crippen molar-refractivity contribution >= 4 is 142 Å². The van der Waals surface area contributed by atoms with E-state index in [-0.39, 0.29) is 118 Å². The van der Waals surface area contributed by atoms with Crippen molar-refractivity contribution in [2.75, 3.05) is 32.8 Å². The SMILES string of the molecule is O=C(O)CN(CC(=O)O)CN(CC(=O)O)CC(=O)O.[Na].[Na].[Na].[Na]. The summed E-state index contributed by atoms with van der Waals surface area (Å²) in [7, 11) is 0. The van der Waals surface area contributed by atoms with Crippen molar-refractivity contribution in [1.82, 2.24) is 9.80 Å². The molecular weight excluding hydrogens is 356 g/mol. The van der Waals surface area contributed by atoms with E-state index in [0.29, 0.717) is 0 Å². The molecule has 0 aliphatic heterocycles. The summed E-state index contributed by atoms with van der Waals surface area (Å²) >= 11 is 0. The minimum atomic E-state index is -1.30. The molecule has 0 unspecified atom stereocenters. The fourth-order valence-electron chi connectivity index (χ4n) is 1.36. The summed E-state index contributed by atoms with van der Waals surface area (Å²) in [5, 5.41) is 34.4. The second kappa shape index (κ2) is 20.1. The first-order valence-corrected chi connectivity index (χ1v) is 5.02. The average Bonchev–Trinajstić information content (AvgIpc) is 2.11. The Morgan fingerprint density at radius 2 is 0.696 bits per heavy atom. The zero-order chi connectivity index (χ0) is 15.0. The Balaban J connectivity index is -0.000000270. The molecule has 14 heteroatoms. The molecule has 0 heterocycles. The second-order valence-electron chi connectivity index (χ2n) is 3.69. The van der Waals surface area contributed by atoms with Crippen LogP contribution in [-0.2, 0) is 19.2 Å². The van der Waals surface area contributed by atoms with Crippen LogP contribution < -0.4 is 0 Å². The molecule has 0 aliphatic carbocycles. The van der Waals surface area contributed by atoms with Gasteiger partial charge >= 0.3 is 23.9 Å². The molecule has 0 bridgehead atoms. The standard InChI is InChI=1S/C9H14N2O8.4Na/c12-6(13)1-10(2-7(14)15)5-11(3-8(16)17)4-9(18)19;;;;/h1-5H2,(H,12,13)(H,14,15)(H,16,17)(H,18,19);;;;. The number of aliphatic carboxylic acids is 4. The van der Waals surface area contributed by atoms with Gasteiger partial charge in [0.05, 0.1) is 32.8 Å². The smallest absolute Gasteiger partial charge is 0.317 e. The topological polar surface area (TPSA) is 156 Å². The minimum absolute atomic E-state index is 0. The van der Waals surface area contributed by atoms with Crippen molar-refractivity contribution in [3.63, 3.8) is 0 Å². The molecule has 0 amide bonds. The summed E-state index contributed by atoms with van der Waals surface area (Å²) in [6.07, 6.45) is 0. The van der Waals surface area contributed by atoms with Gasteiger partial charge in [-0.05, 0) is 0 Å². The average molecular weight is 370 g/mol. The maximum atomic E-state index is 10.5. The van der Waals surface area contributed by atoms with Crippen molar-refractivity contribution in [1.29, 1.82) is 0 Å². The fraction of sp³-hybridized carbons (Fsp3) is 0.556. The number of nitrogens with zero attached hydrogens (tertiary/aromatic N) is 2. The fourth-order valence-corrected chi connectivity index (χ4v) is 1.36. The number of carboxylic acid groups (broad SMARTS) is 4. The van der Waals surface area contributed by atoms with E-state index in [4.69, 9.17) is 20.4 Å². The van der Waals surface area contributed by atoms with Gasteiger partial charge in [0.2, 0.25) is 0 Å². The van der Waals surface area contributed by atoms with Crippen molar-refractivity contribution in [2.24, 2.45) is 0 Å². The first-order chi connectivity index (χ1) is 8.70. The Morgan fingerprint density at radius 1 is 0.522 bits per heavy atom. The van der Waals surface area contributed by atoms with Crippen molar-refractivity contribution in [3.8, 4) is 0 Å². The Kier molecular flexibility index (Phi) is 31.3. The van der Waals surface area contributed by atoms with Gasteiger partial charge in [0, 0.05) is 118 Å². The van der Waals surface area contributed by atoms with E-state index >= 15 is 0 Å². The predicted molar refractivity (Wildman–Crippen MR) is 81.6 cm³/mol. The molecule has 0 aromatic heterocycles. The van der Waals surface area contributed by atoms with Gasteiger partial charge in [0.1, 0.15) is 0 Å². The van der Waals surface area contributed by atoms with E-state index in [2.05, 4.69) is 0 Å². The van der Waals surface area contributed by atoms with Crippen LogP contribution in [0.15, 0.2) is 0 Å². The second-order valence-corrected chi connectivity index (χ2v) is 3.69. The van der Waals surface area contributed by atoms with Crippen LogP contribution in [0.2, 0.25) is 0 Å². The van der Waals surface area contributed by atoms with Gasteiger partial charge in [0.15, 0.2) is 0 Å². The van der Waals surface area contributed by atoms with E-state index in [1.54, 1.807) is 0 Å². The Bertz CT molecular complexity index is 319. The molecule has 0 rings (SSSR count). The molecule has 112 valence electrons. The number of rotatable bonds is 10. The first kappa shape index (κ1) is 35.8. The van der Waals surface area contributed by atoms with E-state index in [0.717, 1.165) is 9.80 Å². The monoisotopic (exact) mass is 370 g/mol. The van der Waals surface area contributed by atoms with Gasteiger partial charge in [-0.15, -0.1) is 0 Å². The summed E-state index contributed by atoms with van der Waals surface area (Å²) < 4.78 is 0. The van der Waals surface area contributed by atoms with E-state index in [1.807, 2.05) is 0 Å². The van der Waals surface area contributed by atoms with Crippen LogP contribution in [0.25, 0.3) is 0 Å². The number of carbonyl (C=O) groups is 4. The molecule has 0 saturated heterocycles.